The molecule has 16 heavy (non-hydrogen) atoms. The molecular formula is C14H24BI. The molecular weight excluding hydrogens is 306 g/mol. The van der Waals surface area contributed by atoms with E-state index in [0.29, 0.717) is 0 Å². The fourth-order valence-corrected chi connectivity index (χ4v) is 3.58. The quantitative estimate of drug-likeness (QED) is 0.390. The number of hydrogen-bond acceptors (Lipinski definition) is 0. The first kappa shape index (κ1) is 14.3. The summed E-state index contributed by atoms with van der Waals surface area (Å²) in [4.78, 5) is 0. The molecule has 1 aliphatic carbocycles. The van der Waals surface area contributed by atoms with Gasteiger partial charge in [0.2, 0.25) is 0 Å². The van der Waals surface area contributed by atoms with Crippen LogP contribution in [-0.2, 0) is 0 Å². The van der Waals surface area contributed by atoms with Gasteiger partial charge in [0.05, 0.1) is 0 Å². The predicted molar refractivity (Wildman–Crippen MR) is 85.2 cm³/mol. The molecule has 0 radical (unpaired) electrons. The largest absolute Gasteiger partial charge is 0.101 e. The third kappa shape index (κ3) is 3.15. The first-order valence-electron chi connectivity index (χ1n) is 6.57. The summed E-state index contributed by atoms with van der Waals surface area (Å²) in [5.41, 5.74) is 4.98. The van der Waals surface area contributed by atoms with Gasteiger partial charge in [-0.3, -0.25) is 0 Å². The number of hydrogen-bond donors (Lipinski definition) is 0. The van der Waals surface area contributed by atoms with E-state index in [4.69, 9.17) is 0 Å². The fourth-order valence-electron chi connectivity index (χ4n) is 2.83. The predicted octanol–water partition coefficient (Wildman–Crippen LogP) is 4.17. The van der Waals surface area contributed by atoms with E-state index in [9.17, 15) is 0 Å². The van der Waals surface area contributed by atoms with Gasteiger partial charge in [0, 0.05) is 4.43 Å². The minimum Gasteiger partial charge on any atom is -0.0864 e. The molecule has 0 aliphatic heterocycles. The molecule has 0 amide bonds. The van der Waals surface area contributed by atoms with Crippen LogP contribution in [0.25, 0.3) is 0 Å². The average molecular weight is 330 g/mol. The van der Waals surface area contributed by atoms with E-state index in [1.165, 1.54) is 35.6 Å². The maximum absolute atomic E-state index is 2.51. The van der Waals surface area contributed by atoms with Crippen molar-refractivity contribution in [3.05, 3.63) is 22.8 Å². The molecule has 0 nitrogen and oxygen atoms in total. The lowest BCUT2D eigenvalue weighted by atomic mass is 9.67. The van der Waals surface area contributed by atoms with Crippen LogP contribution >= 0.6 is 22.6 Å². The summed E-state index contributed by atoms with van der Waals surface area (Å²) in [7, 11) is 2.30. The highest BCUT2D eigenvalue weighted by molar-refractivity contribution is 14.1. The van der Waals surface area contributed by atoms with Crippen LogP contribution in [0.2, 0.25) is 6.32 Å². The molecule has 2 atom stereocenters. The zero-order chi connectivity index (χ0) is 12.1. The van der Waals surface area contributed by atoms with Gasteiger partial charge in [-0.2, -0.15) is 0 Å². The summed E-state index contributed by atoms with van der Waals surface area (Å²) in [6.07, 6.45) is 7.65. The Morgan fingerprint density at radius 3 is 2.81 bits per heavy atom. The standard InChI is InChI=1S/C14H24BI/c1-4-10(2)13-9-12(6-8-16)14(13)11(3)5-7-15/h4,11-12H,5-9,15H2,1-3H3/b10-4-. The number of halogens is 1. The fraction of sp³-hybridized carbons (Fsp3) is 0.714. The molecule has 90 valence electrons. The lowest BCUT2D eigenvalue weighted by Crippen LogP contribution is -2.24. The summed E-state index contributed by atoms with van der Waals surface area (Å²) in [5.74, 6) is 1.69. The smallest absolute Gasteiger partial charge is 0.0864 e. The van der Waals surface area contributed by atoms with Crippen molar-refractivity contribution in [2.75, 3.05) is 4.43 Å². The molecule has 0 saturated carbocycles. The Labute approximate surface area is 116 Å². The molecule has 1 aliphatic rings. The highest BCUT2D eigenvalue weighted by Gasteiger charge is 2.31. The second-order valence-electron chi connectivity index (χ2n) is 4.97. The highest BCUT2D eigenvalue weighted by atomic mass is 127. The molecule has 0 aromatic carbocycles. The second-order valence-corrected chi connectivity index (χ2v) is 6.05. The lowest BCUT2D eigenvalue weighted by molar-refractivity contribution is 0.439. The van der Waals surface area contributed by atoms with Gasteiger partial charge in [-0.15, -0.1) is 0 Å². The van der Waals surface area contributed by atoms with Crippen molar-refractivity contribution in [1.82, 2.24) is 0 Å². The molecule has 0 spiro atoms. The van der Waals surface area contributed by atoms with Crippen molar-refractivity contribution in [3.8, 4) is 0 Å². The van der Waals surface area contributed by atoms with Crippen molar-refractivity contribution in [3.63, 3.8) is 0 Å². The van der Waals surface area contributed by atoms with Gasteiger partial charge < -0.3 is 0 Å². The number of alkyl halides is 1. The van der Waals surface area contributed by atoms with Crippen LogP contribution in [0.1, 0.15) is 40.0 Å². The van der Waals surface area contributed by atoms with Crippen LogP contribution in [0.3, 0.4) is 0 Å². The van der Waals surface area contributed by atoms with E-state index in [0.717, 1.165) is 11.8 Å². The summed E-state index contributed by atoms with van der Waals surface area (Å²) in [5, 5.41) is 0. The first-order chi connectivity index (χ1) is 7.65. The van der Waals surface area contributed by atoms with Gasteiger partial charge in [-0.25, -0.2) is 0 Å². The minimum atomic E-state index is 0.802. The third-order valence-corrected chi connectivity index (χ3v) is 4.48. The van der Waals surface area contributed by atoms with E-state index in [1.54, 1.807) is 11.1 Å². The normalized spacial score (nSPS) is 23.2. The molecule has 0 bridgehead atoms. The third-order valence-electron chi connectivity index (χ3n) is 3.86. The van der Waals surface area contributed by atoms with E-state index in [2.05, 4.69) is 57.3 Å². The Kier molecular flexibility index (Phi) is 6.16. The van der Waals surface area contributed by atoms with E-state index in [1.807, 2.05) is 0 Å². The van der Waals surface area contributed by atoms with Crippen molar-refractivity contribution >= 4 is 30.4 Å². The number of allylic oxidation sites excluding steroid dienone is 4. The van der Waals surface area contributed by atoms with Crippen molar-refractivity contribution in [2.45, 2.75) is 46.4 Å². The first-order valence-corrected chi connectivity index (χ1v) is 8.10. The van der Waals surface area contributed by atoms with Gasteiger partial charge in [0.25, 0.3) is 0 Å². The van der Waals surface area contributed by atoms with Crippen LogP contribution in [0.4, 0.5) is 0 Å². The molecule has 2 heteroatoms. The van der Waals surface area contributed by atoms with Crippen LogP contribution in [0, 0.1) is 11.8 Å². The van der Waals surface area contributed by atoms with Gasteiger partial charge in [0.1, 0.15) is 7.85 Å². The molecule has 0 saturated heterocycles. The molecule has 0 heterocycles. The van der Waals surface area contributed by atoms with Crippen LogP contribution in [0.5, 0.6) is 0 Å². The molecule has 0 fully saturated rings. The zero-order valence-corrected chi connectivity index (χ0v) is 13.3. The lowest BCUT2D eigenvalue weighted by Gasteiger charge is -2.38. The minimum absolute atomic E-state index is 0.802. The Morgan fingerprint density at radius 1 is 1.62 bits per heavy atom. The Hall–Kier alpha value is 0.275. The summed E-state index contributed by atoms with van der Waals surface area (Å²) in [6.45, 7) is 6.85. The van der Waals surface area contributed by atoms with Gasteiger partial charge in [-0.1, -0.05) is 59.5 Å². The second kappa shape index (κ2) is 6.88. The monoisotopic (exact) mass is 330 g/mol. The van der Waals surface area contributed by atoms with Crippen molar-refractivity contribution in [1.29, 1.82) is 0 Å². The Morgan fingerprint density at radius 2 is 2.31 bits per heavy atom. The van der Waals surface area contributed by atoms with Crippen LogP contribution in [0.15, 0.2) is 22.8 Å². The highest BCUT2D eigenvalue weighted by Crippen LogP contribution is 2.46. The van der Waals surface area contributed by atoms with Crippen LogP contribution in [-0.4, -0.2) is 12.3 Å². The van der Waals surface area contributed by atoms with Crippen molar-refractivity contribution < 1.29 is 0 Å². The maximum Gasteiger partial charge on any atom is 0.101 e. The topological polar surface area (TPSA) is 0 Å². The van der Waals surface area contributed by atoms with E-state index < -0.39 is 0 Å². The molecule has 2 unspecified atom stereocenters. The van der Waals surface area contributed by atoms with Crippen molar-refractivity contribution in [2.24, 2.45) is 11.8 Å². The SMILES string of the molecule is BCCC(C)C1=C(/C(C)=C\C)CC1CCI. The average Bonchev–Trinajstić information content (AvgIpc) is 2.23. The van der Waals surface area contributed by atoms with E-state index in [-0.39, 0.29) is 0 Å². The molecule has 0 aromatic rings. The summed E-state index contributed by atoms with van der Waals surface area (Å²) < 4.78 is 1.30. The molecule has 1 rings (SSSR count). The summed E-state index contributed by atoms with van der Waals surface area (Å²) in [6, 6.07) is 0. The molecule has 0 aromatic heterocycles. The van der Waals surface area contributed by atoms with Gasteiger partial charge in [-0.05, 0) is 44.1 Å². The van der Waals surface area contributed by atoms with E-state index >= 15 is 0 Å². The van der Waals surface area contributed by atoms with Gasteiger partial charge in [0.15, 0.2) is 0 Å². The maximum atomic E-state index is 2.51. The molecule has 0 N–H and O–H groups in total. The Balaban J connectivity index is 2.83. The van der Waals surface area contributed by atoms with Gasteiger partial charge >= 0.3 is 0 Å². The zero-order valence-electron chi connectivity index (χ0n) is 11.1. The summed E-state index contributed by atoms with van der Waals surface area (Å²) >= 11 is 2.51. The van der Waals surface area contributed by atoms with Crippen LogP contribution < -0.4 is 0 Å². The Bertz CT molecular complexity index is 291. The number of rotatable bonds is 6.